The van der Waals surface area contributed by atoms with Gasteiger partial charge in [0, 0.05) is 0 Å². The van der Waals surface area contributed by atoms with Crippen LogP contribution in [0.3, 0.4) is 0 Å². The Morgan fingerprint density at radius 3 is 2.11 bits per heavy atom. The van der Waals surface area contributed by atoms with Crippen molar-refractivity contribution in [2.24, 2.45) is 0 Å². The standard InChI is InChI=1S/C16H17NOSe/c1-13(19-15-11-7-4-8-12-15)16(18)17(2)14-9-5-3-6-10-14/h3-13H,1-2H3. The molecule has 0 radical (unpaired) electrons. The zero-order chi connectivity index (χ0) is 13.7. The molecule has 0 fully saturated rings. The van der Waals surface area contributed by atoms with E-state index in [1.807, 2.05) is 62.5 Å². The van der Waals surface area contributed by atoms with Crippen molar-refractivity contribution in [3.8, 4) is 0 Å². The van der Waals surface area contributed by atoms with Crippen LogP contribution in [0, 0.1) is 0 Å². The number of anilines is 1. The van der Waals surface area contributed by atoms with Gasteiger partial charge in [-0.3, -0.25) is 0 Å². The van der Waals surface area contributed by atoms with Crippen LogP contribution in [0.2, 0.25) is 4.82 Å². The molecule has 0 heterocycles. The quantitative estimate of drug-likeness (QED) is 0.793. The molecule has 1 amide bonds. The Bertz CT molecular complexity index is 527. The van der Waals surface area contributed by atoms with E-state index in [1.54, 1.807) is 4.90 Å². The SMILES string of the molecule is CC([Se]c1ccccc1)C(=O)N(C)c1ccccc1. The molecule has 0 aliphatic carbocycles. The minimum atomic E-state index is 0.0418. The van der Waals surface area contributed by atoms with E-state index in [0.717, 1.165) is 5.69 Å². The second-order valence-corrected chi connectivity index (χ2v) is 7.27. The Labute approximate surface area is 120 Å². The third-order valence-electron chi connectivity index (χ3n) is 2.88. The van der Waals surface area contributed by atoms with Gasteiger partial charge >= 0.3 is 120 Å². The molecular formula is C16H17NOSe. The van der Waals surface area contributed by atoms with E-state index in [2.05, 4.69) is 12.1 Å². The van der Waals surface area contributed by atoms with E-state index in [1.165, 1.54) is 4.46 Å². The summed E-state index contributed by atoms with van der Waals surface area (Å²) >= 11 is 0.168. The summed E-state index contributed by atoms with van der Waals surface area (Å²) in [5, 5.41) is 0. The van der Waals surface area contributed by atoms with Gasteiger partial charge in [0.2, 0.25) is 0 Å². The van der Waals surface area contributed by atoms with Crippen LogP contribution < -0.4 is 9.36 Å². The fourth-order valence-corrected chi connectivity index (χ4v) is 3.86. The Hall–Kier alpha value is -1.57. The third kappa shape index (κ3) is 3.69. The van der Waals surface area contributed by atoms with Gasteiger partial charge in [-0.15, -0.1) is 0 Å². The van der Waals surface area contributed by atoms with Crippen molar-refractivity contribution in [3.63, 3.8) is 0 Å². The molecule has 0 N–H and O–H groups in total. The summed E-state index contributed by atoms with van der Waals surface area (Å²) in [6.45, 7) is 2.01. The first-order valence-corrected chi connectivity index (χ1v) is 8.07. The Kier molecular flexibility index (Phi) is 4.78. The molecule has 2 rings (SSSR count). The van der Waals surface area contributed by atoms with Crippen molar-refractivity contribution in [1.29, 1.82) is 0 Å². The first-order chi connectivity index (χ1) is 9.18. The van der Waals surface area contributed by atoms with E-state index in [-0.39, 0.29) is 25.7 Å². The van der Waals surface area contributed by atoms with Crippen LogP contribution >= 0.6 is 0 Å². The number of carbonyl (C=O) groups excluding carboxylic acids is 1. The van der Waals surface area contributed by atoms with Gasteiger partial charge < -0.3 is 0 Å². The van der Waals surface area contributed by atoms with Crippen molar-refractivity contribution in [2.45, 2.75) is 11.7 Å². The minimum absolute atomic E-state index is 0.0418. The number of hydrogen-bond donors (Lipinski definition) is 0. The first kappa shape index (κ1) is 13.9. The zero-order valence-corrected chi connectivity index (χ0v) is 12.8. The van der Waals surface area contributed by atoms with Crippen LogP contribution in [0.25, 0.3) is 0 Å². The number of nitrogens with zero attached hydrogens (tertiary/aromatic N) is 1. The summed E-state index contributed by atoms with van der Waals surface area (Å²) in [5.41, 5.74) is 0.947. The zero-order valence-electron chi connectivity index (χ0n) is 11.1. The Morgan fingerprint density at radius 2 is 1.53 bits per heavy atom. The number of hydrogen-bond acceptors (Lipinski definition) is 1. The normalized spacial score (nSPS) is 11.9. The average Bonchev–Trinajstić information content (AvgIpc) is 2.47. The molecule has 2 aromatic carbocycles. The van der Waals surface area contributed by atoms with E-state index in [9.17, 15) is 4.79 Å². The fourth-order valence-electron chi connectivity index (χ4n) is 1.81. The molecule has 2 aromatic rings. The first-order valence-electron chi connectivity index (χ1n) is 6.23. The number of rotatable bonds is 4. The summed E-state index contributed by atoms with van der Waals surface area (Å²) in [6.07, 6.45) is 0. The molecule has 0 aliphatic rings. The molecule has 3 heteroatoms. The average molecular weight is 318 g/mol. The van der Waals surface area contributed by atoms with Crippen LogP contribution in [0.1, 0.15) is 6.92 Å². The van der Waals surface area contributed by atoms with Crippen LogP contribution in [0.15, 0.2) is 60.7 Å². The van der Waals surface area contributed by atoms with Crippen molar-refractivity contribution >= 4 is 31.0 Å². The van der Waals surface area contributed by atoms with Gasteiger partial charge in [-0.2, -0.15) is 0 Å². The van der Waals surface area contributed by atoms with Crippen molar-refractivity contribution in [1.82, 2.24) is 0 Å². The molecule has 98 valence electrons. The number of benzene rings is 2. The molecule has 0 bridgehead atoms. The molecular weight excluding hydrogens is 301 g/mol. The van der Waals surface area contributed by atoms with Gasteiger partial charge in [0.05, 0.1) is 0 Å². The molecule has 0 aliphatic heterocycles. The topological polar surface area (TPSA) is 20.3 Å². The van der Waals surface area contributed by atoms with Crippen molar-refractivity contribution < 1.29 is 4.79 Å². The summed E-state index contributed by atoms with van der Waals surface area (Å²) in [7, 11) is 1.84. The summed E-state index contributed by atoms with van der Waals surface area (Å²) < 4.78 is 1.26. The maximum absolute atomic E-state index is 12.4. The number of para-hydroxylation sites is 1. The Balaban J connectivity index is 2.03. The predicted molar refractivity (Wildman–Crippen MR) is 81.1 cm³/mol. The van der Waals surface area contributed by atoms with Gasteiger partial charge in [0.15, 0.2) is 0 Å². The second kappa shape index (κ2) is 6.55. The molecule has 0 saturated heterocycles. The van der Waals surface area contributed by atoms with E-state index >= 15 is 0 Å². The van der Waals surface area contributed by atoms with Gasteiger partial charge in [0.25, 0.3) is 0 Å². The molecule has 0 saturated carbocycles. The number of carbonyl (C=O) groups is 1. The van der Waals surface area contributed by atoms with Gasteiger partial charge in [0.1, 0.15) is 0 Å². The van der Waals surface area contributed by atoms with E-state index in [0.29, 0.717) is 0 Å². The van der Waals surface area contributed by atoms with Crippen LogP contribution in [0.5, 0.6) is 0 Å². The molecule has 0 spiro atoms. The molecule has 19 heavy (non-hydrogen) atoms. The van der Waals surface area contributed by atoms with Crippen LogP contribution in [-0.2, 0) is 4.79 Å². The molecule has 2 nitrogen and oxygen atoms in total. The molecule has 0 aromatic heterocycles. The molecule has 1 unspecified atom stereocenters. The molecule has 1 atom stereocenters. The van der Waals surface area contributed by atoms with Crippen LogP contribution in [0.4, 0.5) is 5.69 Å². The van der Waals surface area contributed by atoms with Crippen LogP contribution in [-0.4, -0.2) is 27.9 Å². The van der Waals surface area contributed by atoms with Crippen molar-refractivity contribution in [2.75, 3.05) is 11.9 Å². The van der Waals surface area contributed by atoms with Gasteiger partial charge in [-0.05, 0) is 0 Å². The van der Waals surface area contributed by atoms with E-state index in [4.69, 9.17) is 0 Å². The van der Waals surface area contributed by atoms with E-state index < -0.39 is 0 Å². The Morgan fingerprint density at radius 1 is 1.00 bits per heavy atom. The second-order valence-electron chi connectivity index (χ2n) is 4.31. The van der Waals surface area contributed by atoms with Gasteiger partial charge in [-0.1, -0.05) is 0 Å². The summed E-state index contributed by atoms with van der Waals surface area (Å²) in [4.78, 5) is 14.2. The van der Waals surface area contributed by atoms with Gasteiger partial charge in [-0.25, -0.2) is 0 Å². The summed E-state index contributed by atoms with van der Waals surface area (Å²) in [6, 6.07) is 20.0. The fraction of sp³-hybridized carbons (Fsp3) is 0.188. The monoisotopic (exact) mass is 319 g/mol. The predicted octanol–water partition coefficient (Wildman–Crippen LogP) is 2.49. The van der Waals surface area contributed by atoms with Crippen molar-refractivity contribution in [3.05, 3.63) is 60.7 Å². The third-order valence-corrected chi connectivity index (χ3v) is 5.18. The summed E-state index contributed by atoms with van der Waals surface area (Å²) in [5.74, 6) is 0.176. The maximum atomic E-state index is 12.4. The number of amides is 1.